The van der Waals surface area contributed by atoms with Crippen molar-refractivity contribution in [1.29, 1.82) is 0 Å². The first-order valence-electron chi connectivity index (χ1n) is 12.2. The van der Waals surface area contributed by atoms with Crippen LogP contribution in [0.15, 0.2) is 10.2 Å². The molecule has 4 amide bonds. The topological polar surface area (TPSA) is 135 Å². The molecule has 0 bridgehead atoms. The van der Waals surface area contributed by atoms with E-state index in [-0.39, 0.29) is 0 Å². The Kier molecular flexibility index (Phi) is 19.7. The highest BCUT2D eigenvalue weighted by atomic mass is 16.2. The molecule has 0 fully saturated rings. The van der Waals surface area contributed by atoms with Crippen molar-refractivity contribution in [2.45, 2.75) is 123 Å². The molecule has 0 unspecified atom stereocenters. The van der Waals surface area contributed by atoms with Crippen LogP contribution in [0.2, 0.25) is 0 Å². The van der Waals surface area contributed by atoms with Crippen molar-refractivity contribution < 1.29 is 9.59 Å². The SMILES string of the molecule is CCCCCCC(CCCCCCCC(CCCCCC)=NNC(N)=O)=NNC(N)=O. The predicted octanol–water partition coefficient (Wildman–Crippen LogP) is 5.71. The maximum Gasteiger partial charge on any atom is 0.332 e. The summed E-state index contributed by atoms with van der Waals surface area (Å²) in [4.78, 5) is 21.9. The molecule has 0 aromatic rings. The van der Waals surface area contributed by atoms with Crippen molar-refractivity contribution >= 4 is 23.5 Å². The van der Waals surface area contributed by atoms with Gasteiger partial charge in [-0.05, 0) is 51.4 Å². The molecular formula is C23H46N6O2. The van der Waals surface area contributed by atoms with Crippen LogP contribution in [0.5, 0.6) is 0 Å². The van der Waals surface area contributed by atoms with Crippen LogP contribution in [0.4, 0.5) is 9.59 Å². The summed E-state index contributed by atoms with van der Waals surface area (Å²) in [7, 11) is 0. The zero-order valence-corrected chi connectivity index (χ0v) is 19.9. The first-order chi connectivity index (χ1) is 15.0. The Morgan fingerprint density at radius 1 is 0.548 bits per heavy atom. The third-order valence-electron chi connectivity index (χ3n) is 5.22. The van der Waals surface area contributed by atoms with E-state index in [9.17, 15) is 9.59 Å². The van der Waals surface area contributed by atoms with Gasteiger partial charge in [-0.15, -0.1) is 0 Å². The van der Waals surface area contributed by atoms with Gasteiger partial charge in [-0.25, -0.2) is 20.4 Å². The molecule has 0 radical (unpaired) electrons. The summed E-state index contributed by atoms with van der Waals surface area (Å²) in [5.74, 6) is 0. The lowest BCUT2D eigenvalue weighted by molar-refractivity contribution is 0.248. The van der Waals surface area contributed by atoms with E-state index in [2.05, 4.69) is 34.9 Å². The Morgan fingerprint density at radius 2 is 0.839 bits per heavy atom. The molecule has 8 nitrogen and oxygen atoms in total. The summed E-state index contributed by atoms with van der Waals surface area (Å²) in [5, 5.41) is 8.37. The van der Waals surface area contributed by atoms with Gasteiger partial charge >= 0.3 is 12.1 Å². The number of nitrogens with two attached hydrogens (primary N) is 2. The summed E-state index contributed by atoms with van der Waals surface area (Å²) >= 11 is 0. The van der Waals surface area contributed by atoms with E-state index in [4.69, 9.17) is 11.5 Å². The zero-order chi connectivity index (χ0) is 23.2. The van der Waals surface area contributed by atoms with E-state index in [1.165, 1.54) is 38.5 Å². The Morgan fingerprint density at radius 3 is 1.13 bits per heavy atom. The van der Waals surface area contributed by atoms with Gasteiger partial charge in [0, 0.05) is 11.4 Å². The minimum atomic E-state index is -0.607. The van der Waals surface area contributed by atoms with Crippen LogP contribution in [-0.4, -0.2) is 23.5 Å². The number of carbonyl (C=O) groups is 2. The molecule has 0 aromatic carbocycles. The molecule has 0 aromatic heterocycles. The Labute approximate surface area is 189 Å². The maximum absolute atomic E-state index is 10.9. The van der Waals surface area contributed by atoms with Crippen LogP contribution in [0.1, 0.15) is 123 Å². The molecule has 31 heavy (non-hydrogen) atoms. The average molecular weight is 439 g/mol. The lowest BCUT2D eigenvalue weighted by atomic mass is 10.0. The molecular weight excluding hydrogens is 392 g/mol. The van der Waals surface area contributed by atoms with Gasteiger partial charge in [-0.3, -0.25) is 0 Å². The summed E-state index contributed by atoms with van der Waals surface area (Å²) in [6.07, 6.45) is 18.7. The van der Waals surface area contributed by atoms with Crippen molar-refractivity contribution in [1.82, 2.24) is 10.9 Å². The monoisotopic (exact) mass is 438 g/mol. The van der Waals surface area contributed by atoms with Gasteiger partial charge in [-0.2, -0.15) is 10.2 Å². The van der Waals surface area contributed by atoms with Gasteiger partial charge in [0.1, 0.15) is 0 Å². The summed E-state index contributed by atoms with van der Waals surface area (Å²) in [6.45, 7) is 4.39. The first kappa shape index (κ1) is 28.9. The number of hydrazone groups is 2. The lowest BCUT2D eigenvalue weighted by Crippen LogP contribution is -2.25. The molecule has 0 aliphatic rings. The van der Waals surface area contributed by atoms with Crippen molar-refractivity contribution in [2.24, 2.45) is 21.7 Å². The van der Waals surface area contributed by atoms with Gasteiger partial charge in [-0.1, -0.05) is 71.6 Å². The second-order valence-corrected chi connectivity index (χ2v) is 8.20. The standard InChI is InChI=1S/C23H46N6O2/c1-3-5-7-12-16-20(26-28-22(24)30)18-14-10-9-11-15-19-21(27-29-23(25)31)17-13-8-6-4-2/h3-19H2,1-2H3,(H3,24,28,30)(H3,25,29,31). The Balaban J connectivity index is 4.13. The first-order valence-corrected chi connectivity index (χ1v) is 12.2. The van der Waals surface area contributed by atoms with E-state index in [1.54, 1.807) is 0 Å². The highest BCUT2D eigenvalue weighted by Crippen LogP contribution is 2.13. The van der Waals surface area contributed by atoms with Gasteiger partial charge in [0.25, 0.3) is 0 Å². The van der Waals surface area contributed by atoms with Crippen molar-refractivity contribution in [2.75, 3.05) is 0 Å². The molecule has 0 saturated heterocycles. The third-order valence-corrected chi connectivity index (χ3v) is 5.22. The number of rotatable bonds is 20. The fourth-order valence-electron chi connectivity index (χ4n) is 3.44. The summed E-state index contributed by atoms with van der Waals surface area (Å²) < 4.78 is 0. The largest absolute Gasteiger partial charge is 0.350 e. The number of amides is 4. The number of primary amides is 2. The molecule has 8 heteroatoms. The highest BCUT2D eigenvalue weighted by Gasteiger charge is 2.04. The molecule has 180 valence electrons. The van der Waals surface area contributed by atoms with Crippen LogP contribution >= 0.6 is 0 Å². The number of hydrogen-bond acceptors (Lipinski definition) is 4. The molecule has 0 spiro atoms. The molecule has 0 rings (SSSR count). The summed E-state index contributed by atoms with van der Waals surface area (Å²) in [5.41, 5.74) is 17.1. The van der Waals surface area contributed by atoms with E-state index < -0.39 is 12.1 Å². The number of nitrogens with one attached hydrogen (secondary N) is 2. The molecule has 0 aliphatic heterocycles. The normalized spacial score (nSPS) is 12.1. The number of unbranched alkanes of at least 4 members (excludes halogenated alkanes) is 10. The summed E-state index contributed by atoms with van der Waals surface area (Å²) in [6, 6.07) is -1.21. The van der Waals surface area contributed by atoms with Gasteiger partial charge in [0.15, 0.2) is 0 Å². The molecule has 0 heterocycles. The van der Waals surface area contributed by atoms with E-state index >= 15 is 0 Å². The van der Waals surface area contributed by atoms with Gasteiger partial charge in [0.2, 0.25) is 0 Å². The van der Waals surface area contributed by atoms with E-state index in [0.29, 0.717) is 0 Å². The van der Waals surface area contributed by atoms with Crippen LogP contribution in [0, 0.1) is 0 Å². The third kappa shape index (κ3) is 20.9. The van der Waals surface area contributed by atoms with Crippen molar-refractivity contribution in [3.8, 4) is 0 Å². The quantitative estimate of drug-likeness (QED) is 0.110. The number of urea groups is 2. The molecule has 0 saturated carbocycles. The minimum absolute atomic E-state index is 0.607. The Hall–Kier alpha value is -2.12. The average Bonchev–Trinajstić information content (AvgIpc) is 2.73. The fourth-order valence-corrected chi connectivity index (χ4v) is 3.44. The van der Waals surface area contributed by atoms with Gasteiger partial charge < -0.3 is 11.5 Å². The van der Waals surface area contributed by atoms with Gasteiger partial charge in [0.05, 0.1) is 0 Å². The fraction of sp³-hybridized carbons (Fsp3) is 0.826. The smallest absolute Gasteiger partial charge is 0.332 e. The number of nitrogens with zero attached hydrogens (tertiary/aromatic N) is 2. The van der Waals surface area contributed by atoms with Crippen LogP contribution in [-0.2, 0) is 0 Å². The van der Waals surface area contributed by atoms with Crippen molar-refractivity contribution in [3.63, 3.8) is 0 Å². The number of hydrogen-bond donors (Lipinski definition) is 4. The van der Waals surface area contributed by atoms with Crippen molar-refractivity contribution in [3.05, 3.63) is 0 Å². The second kappa shape index (κ2) is 21.1. The zero-order valence-electron chi connectivity index (χ0n) is 19.9. The molecule has 0 atom stereocenters. The van der Waals surface area contributed by atoms with Crippen LogP contribution < -0.4 is 22.3 Å². The maximum atomic E-state index is 10.9. The Bertz CT molecular complexity index is 488. The predicted molar refractivity (Wildman–Crippen MR) is 130 cm³/mol. The second-order valence-electron chi connectivity index (χ2n) is 8.20. The number of carbonyl (C=O) groups excluding carboxylic acids is 2. The van der Waals surface area contributed by atoms with Crippen LogP contribution in [0.3, 0.4) is 0 Å². The minimum Gasteiger partial charge on any atom is -0.350 e. The molecule has 0 aliphatic carbocycles. The highest BCUT2D eigenvalue weighted by molar-refractivity contribution is 5.86. The van der Waals surface area contributed by atoms with E-state index in [0.717, 1.165) is 82.1 Å². The lowest BCUT2D eigenvalue weighted by Gasteiger charge is -2.08. The molecule has 6 N–H and O–H groups in total. The van der Waals surface area contributed by atoms with E-state index in [1.807, 2.05) is 0 Å². The van der Waals surface area contributed by atoms with Crippen LogP contribution in [0.25, 0.3) is 0 Å².